The molecule has 100 valence electrons. The van der Waals surface area contributed by atoms with Crippen molar-refractivity contribution in [2.24, 2.45) is 5.92 Å². The molecule has 1 aliphatic heterocycles. The summed E-state index contributed by atoms with van der Waals surface area (Å²) in [5, 5.41) is 3.72. The van der Waals surface area contributed by atoms with E-state index in [0.717, 1.165) is 31.4 Å². The molecule has 1 saturated carbocycles. The molecule has 1 aliphatic carbocycles. The van der Waals surface area contributed by atoms with E-state index in [0.29, 0.717) is 6.10 Å². The van der Waals surface area contributed by atoms with Crippen LogP contribution < -0.4 is 5.32 Å². The average Bonchev–Trinajstić information content (AvgIpc) is 2.85. The molecule has 1 heterocycles. The molecule has 2 fully saturated rings. The Labute approximate surface area is 110 Å². The third-order valence-corrected chi connectivity index (χ3v) is 4.99. The van der Waals surface area contributed by atoms with Gasteiger partial charge in [0.15, 0.2) is 0 Å². The second kappa shape index (κ2) is 6.40. The van der Waals surface area contributed by atoms with E-state index in [-0.39, 0.29) is 5.54 Å². The highest BCUT2D eigenvalue weighted by molar-refractivity contribution is 6.18. The third-order valence-electron chi connectivity index (χ3n) is 4.48. The van der Waals surface area contributed by atoms with Crippen molar-refractivity contribution in [2.75, 3.05) is 19.0 Å². The summed E-state index contributed by atoms with van der Waals surface area (Å²) >= 11 is 6.19. The van der Waals surface area contributed by atoms with Crippen molar-refractivity contribution in [3.05, 3.63) is 0 Å². The maximum Gasteiger partial charge on any atom is 0.0588 e. The fourth-order valence-corrected chi connectivity index (χ4v) is 3.40. The summed E-state index contributed by atoms with van der Waals surface area (Å²) in [5.74, 6) is 1.64. The zero-order chi connectivity index (χ0) is 12.1. The van der Waals surface area contributed by atoms with Crippen LogP contribution in [0, 0.1) is 5.92 Å². The molecule has 2 rings (SSSR count). The number of rotatable bonds is 5. The molecule has 0 spiro atoms. The van der Waals surface area contributed by atoms with Crippen LogP contribution in [0.3, 0.4) is 0 Å². The van der Waals surface area contributed by atoms with Crippen molar-refractivity contribution >= 4 is 11.6 Å². The van der Waals surface area contributed by atoms with E-state index in [1.54, 1.807) is 0 Å². The second-order valence-corrected chi connectivity index (χ2v) is 6.21. The molecule has 2 aliphatic rings. The first-order valence-corrected chi connectivity index (χ1v) is 7.70. The van der Waals surface area contributed by atoms with E-state index in [9.17, 15) is 0 Å². The third kappa shape index (κ3) is 3.84. The standard InChI is InChI=1S/C14H26ClNO/c1-12-4-7-14(11-15,8-5-12)16-9-6-13-3-2-10-17-13/h12-13,16H,2-11H2,1H3. The minimum absolute atomic E-state index is 0.215. The van der Waals surface area contributed by atoms with Gasteiger partial charge in [-0.15, -0.1) is 11.6 Å². The van der Waals surface area contributed by atoms with E-state index >= 15 is 0 Å². The number of hydrogen-bond donors (Lipinski definition) is 1. The largest absolute Gasteiger partial charge is 0.378 e. The average molecular weight is 260 g/mol. The molecule has 0 radical (unpaired) electrons. The van der Waals surface area contributed by atoms with Crippen molar-refractivity contribution in [3.63, 3.8) is 0 Å². The van der Waals surface area contributed by atoms with Crippen LogP contribution in [0.1, 0.15) is 51.9 Å². The van der Waals surface area contributed by atoms with Gasteiger partial charge >= 0.3 is 0 Å². The van der Waals surface area contributed by atoms with Crippen molar-refractivity contribution in [2.45, 2.75) is 63.5 Å². The number of alkyl halides is 1. The first-order chi connectivity index (χ1) is 8.24. The SMILES string of the molecule is CC1CCC(CCl)(NCCC2CCCO2)CC1. The predicted octanol–water partition coefficient (Wildman–Crippen LogP) is 3.33. The van der Waals surface area contributed by atoms with E-state index < -0.39 is 0 Å². The van der Waals surface area contributed by atoms with Gasteiger partial charge in [0.05, 0.1) is 6.10 Å². The highest BCUT2D eigenvalue weighted by Crippen LogP contribution is 2.32. The molecular weight excluding hydrogens is 234 g/mol. The van der Waals surface area contributed by atoms with Crippen LogP contribution in [-0.4, -0.2) is 30.7 Å². The number of hydrogen-bond acceptors (Lipinski definition) is 2. The van der Waals surface area contributed by atoms with Crippen LogP contribution in [0.15, 0.2) is 0 Å². The Morgan fingerprint density at radius 2 is 2.06 bits per heavy atom. The van der Waals surface area contributed by atoms with Gasteiger partial charge < -0.3 is 10.1 Å². The summed E-state index contributed by atoms with van der Waals surface area (Å²) in [5.41, 5.74) is 0.215. The predicted molar refractivity (Wildman–Crippen MR) is 72.7 cm³/mol. The molecule has 17 heavy (non-hydrogen) atoms. The summed E-state index contributed by atoms with van der Waals surface area (Å²) in [7, 11) is 0. The Hall–Kier alpha value is 0.210. The van der Waals surface area contributed by atoms with Crippen molar-refractivity contribution in [1.82, 2.24) is 5.32 Å². The molecule has 3 heteroatoms. The first-order valence-electron chi connectivity index (χ1n) is 7.17. The Bertz CT molecular complexity index is 220. The molecule has 1 saturated heterocycles. The van der Waals surface area contributed by atoms with Crippen molar-refractivity contribution in [1.29, 1.82) is 0 Å². The lowest BCUT2D eigenvalue weighted by molar-refractivity contribution is 0.0997. The highest BCUT2D eigenvalue weighted by atomic mass is 35.5. The van der Waals surface area contributed by atoms with Crippen LogP contribution in [-0.2, 0) is 4.74 Å². The molecule has 1 unspecified atom stereocenters. The maximum atomic E-state index is 6.19. The summed E-state index contributed by atoms with van der Waals surface area (Å²) in [6.45, 7) is 4.37. The van der Waals surface area contributed by atoms with Gasteiger partial charge in [0, 0.05) is 18.0 Å². The fraction of sp³-hybridized carbons (Fsp3) is 1.00. The lowest BCUT2D eigenvalue weighted by Gasteiger charge is -2.39. The molecular formula is C14H26ClNO. The number of ether oxygens (including phenoxy) is 1. The quantitative estimate of drug-likeness (QED) is 0.765. The minimum atomic E-state index is 0.215. The van der Waals surface area contributed by atoms with Crippen LogP contribution in [0.2, 0.25) is 0 Å². The molecule has 1 atom stereocenters. The van der Waals surface area contributed by atoms with Gasteiger partial charge in [-0.2, -0.15) is 0 Å². The topological polar surface area (TPSA) is 21.3 Å². The summed E-state index contributed by atoms with van der Waals surface area (Å²) < 4.78 is 5.65. The van der Waals surface area contributed by atoms with E-state index in [4.69, 9.17) is 16.3 Å². The van der Waals surface area contributed by atoms with Crippen LogP contribution in [0.25, 0.3) is 0 Å². The van der Waals surface area contributed by atoms with E-state index in [1.165, 1.54) is 38.5 Å². The summed E-state index contributed by atoms with van der Waals surface area (Å²) in [6, 6.07) is 0. The monoisotopic (exact) mass is 259 g/mol. The normalized spacial score (nSPS) is 38.5. The molecule has 1 N–H and O–H groups in total. The summed E-state index contributed by atoms with van der Waals surface area (Å²) in [6.07, 6.45) is 9.24. The van der Waals surface area contributed by atoms with Gasteiger partial charge in [-0.25, -0.2) is 0 Å². The molecule has 0 amide bonds. The number of halogens is 1. The highest BCUT2D eigenvalue weighted by Gasteiger charge is 2.32. The molecule has 0 aromatic heterocycles. The lowest BCUT2D eigenvalue weighted by atomic mass is 9.78. The van der Waals surface area contributed by atoms with Gasteiger partial charge in [0.2, 0.25) is 0 Å². The molecule has 0 aromatic rings. The van der Waals surface area contributed by atoms with E-state index in [1.807, 2.05) is 0 Å². The first kappa shape index (κ1) is 13.6. The zero-order valence-electron chi connectivity index (χ0n) is 11.0. The fourth-order valence-electron chi connectivity index (χ4n) is 3.04. The van der Waals surface area contributed by atoms with Crippen LogP contribution in [0.4, 0.5) is 0 Å². The van der Waals surface area contributed by atoms with Gasteiger partial charge in [-0.05, 0) is 57.4 Å². The Kier molecular flexibility index (Phi) is 5.13. The minimum Gasteiger partial charge on any atom is -0.378 e. The Morgan fingerprint density at radius 1 is 1.29 bits per heavy atom. The van der Waals surface area contributed by atoms with Gasteiger partial charge in [-0.3, -0.25) is 0 Å². The van der Waals surface area contributed by atoms with Gasteiger partial charge in [0.1, 0.15) is 0 Å². The van der Waals surface area contributed by atoms with Gasteiger partial charge in [0.25, 0.3) is 0 Å². The van der Waals surface area contributed by atoms with Crippen LogP contribution >= 0.6 is 11.6 Å². The van der Waals surface area contributed by atoms with Crippen LogP contribution in [0.5, 0.6) is 0 Å². The smallest absolute Gasteiger partial charge is 0.0588 e. The zero-order valence-corrected chi connectivity index (χ0v) is 11.8. The Morgan fingerprint density at radius 3 is 2.65 bits per heavy atom. The number of nitrogens with one attached hydrogen (secondary N) is 1. The summed E-state index contributed by atoms with van der Waals surface area (Å²) in [4.78, 5) is 0. The molecule has 0 aromatic carbocycles. The van der Waals surface area contributed by atoms with Crippen molar-refractivity contribution < 1.29 is 4.74 Å². The second-order valence-electron chi connectivity index (χ2n) is 5.95. The molecule has 0 bridgehead atoms. The maximum absolute atomic E-state index is 6.19. The lowest BCUT2D eigenvalue weighted by Crippen LogP contribution is -2.50. The van der Waals surface area contributed by atoms with Gasteiger partial charge in [-0.1, -0.05) is 6.92 Å². The van der Waals surface area contributed by atoms with E-state index in [2.05, 4.69) is 12.2 Å². The molecule has 2 nitrogen and oxygen atoms in total. The van der Waals surface area contributed by atoms with Crippen molar-refractivity contribution in [3.8, 4) is 0 Å². The Balaban J connectivity index is 1.71.